The molecule has 3 heteroatoms. The Hall–Kier alpha value is -0.570. The lowest BCUT2D eigenvalue weighted by Crippen LogP contribution is -2.60. The molecular formula is C31H64NO2+. The second kappa shape index (κ2) is 24.1. The van der Waals surface area contributed by atoms with Gasteiger partial charge in [0.15, 0.2) is 6.04 Å². The van der Waals surface area contributed by atoms with E-state index in [0.29, 0.717) is 0 Å². The molecule has 0 radical (unpaired) electrons. The van der Waals surface area contributed by atoms with Gasteiger partial charge >= 0.3 is 5.97 Å². The van der Waals surface area contributed by atoms with Crippen LogP contribution in [0.1, 0.15) is 169 Å². The Morgan fingerprint density at radius 3 is 1.09 bits per heavy atom. The summed E-state index contributed by atoms with van der Waals surface area (Å²) in [5.41, 5.74) is 0. The third-order valence-electron chi connectivity index (χ3n) is 7.90. The van der Waals surface area contributed by atoms with E-state index >= 15 is 0 Å². The highest BCUT2D eigenvalue weighted by molar-refractivity contribution is 5.72. The summed E-state index contributed by atoms with van der Waals surface area (Å²) in [5.74, 6) is -0.548. The minimum absolute atomic E-state index is 0.202. The van der Waals surface area contributed by atoms with Crippen molar-refractivity contribution >= 4 is 5.97 Å². The second-order valence-electron chi connectivity index (χ2n) is 11.0. The van der Waals surface area contributed by atoms with Crippen molar-refractivity contribution in [3.63, 3.8) is 0 Å². The topological polar surface area (TPSA) is 37.3 Å². The molecular weight excluding hydrogens is 418 g/mol. The SMILES string of the molecule is CCCCCCCCCCCCCCCCCC(C(=O)O)[N+](CCCC)(CCCC)CCCC. The van der Waals surface area contributed by atoms with E-state index in [9.17, 15) is 9.90 Å². The van der Waals surface area contributed by atoms with Crippen LogP contribution < -0.4 is 0 Å². The average molecular weight is 483 g/mol. The van der Waals surface area contributed by atoms with Crippen molar-refractivity contribution < 1.29 is 14.4 Å². The summed E-state index contributed by atoms with van der Waals surface area (Å²) in [5, 5.41) is 10.2. The second-order valence-corrected chi connectivity index (χ2v) is 11.0. The van der Waals surface area contributed by atoms with Crippen LogP contribution in [0.15, 0.2) is 0 Å². The molecule has 0 amide bonds. The van der Waals surface area contributed by atoms with Crippen LogP contribution in [-0.2, 0) is 4.79 Å². The van der Waals surface area contributed by atoms with Gasteiger partial charge in [0, 0.05) is 6.42 Å². The number of nitrogens with zero attached hydrogens (tertiary/aromatic N) is 1. The van der Waals surface area contributed by atoms with Gasteiger partial charge in [-0.15, -0.1) is 0 Å². The largest absolute Gasteiger partial charge is 0.477 e. The highest BCUT2D eigenvalue weighted by Crippen LogP contribution is 2.25. The fraction of sp³-hybridized carbons (Fsp3) is 0.968. The van der Waals surface area contributed by atoms with Crippen LogP contribution in [0.5, 0.6) is 0 Å². The van der Waals surface area contributed by atoms with Gasteiger partial charge in [-0.05, 0) is 25.7 Å². The molecule has 0 aromatic rings. The number of hydrogen-bond donors (Lipinski definition) is 1. The normalized spacial score (nSPS) is 12.8. The maximum atomic E-state index is 12.4. The first-order valence-corrected chi connectivity index (χ1v) is 15.7. The summed E-state index contributed by atoms with van der Waals surface area (Å²) in [4.78, 5) is 12.4. The maximum absolute atomic E-state index is 12.4. The number of unbranched alkanes of at least 4 members (excludes halogenated alkanes) is 17. The predicted molar refractivity (Wildman–Crippen MR) is 151 cm³/mol. The Balaban J connectivity index is 4.21. The molecule has 0 aliphatic carbocycles. The van der Waals surface area contributed by atoms with E-state index in [0.717, 1.165) is 75.5 Å². The highest BCUT2D eigenvalue weighted by atomic mass is 16.4. The van der Waals surface area contributed by atoms with Crippen LogP contribution in [0.3, 0.4) is 0 Å². The fourth-order valence-electron chi connectivity index (χ4n) is 5.56. The lowest BCUT2D eigenvalue weighted by Gasteiger charge is -2.43. The standard InChI is InChI=1S/C31H63NO2/c1-5-9-13-14-15-16-17-18-19-20-21-22-23-24-25-26-30(31(33)34)32(27-10-6-2,28-11-7-3)29-12-8-4/h30H,5-29H2,1-4H3/p+1. The number of quaternary nitrogens is 1. The van der Waals surface area contributed by atoms with Crippen molar-refractivity contribution in [1.29, 1.82) is 0 Å². The van der Waals surface area contributed by atoms with Crippen molar-refractivity contribution in [1.82, 2.24) is 0 Å². The third kappa shape index (κ3) is 17.0. The predicted octanol–water partition coefficient (Wildman–Crippen LogP) is 9.92. The van der Waals surface area contributed by atoms with E-state index in [1.54, 1.807) is 0 Å². The number of aliphatic carboxylic acids is 1. The Morgan fingerprint density at radius 1 is 0.500 bits per heavy atom. The summed E-state index contributed by atoms with van der Waals surface area (Å²) in [6.07, 6.45) is 28.2. The van der Waals surface area contributed by atoms with Crippen molar-refractivity contribution in [2.24, 2.45) is 0 Å². The van der Waals surface area contributed by atoms with Crippen LogP contribution in [0.25, 0.3) is 0 Å². The molecule has 34 heavy (non-hydrogen) atoms. The van der Waals surface area contributed by atoms with Gasteiger partial charge in [0.25, 0.3) is 0 Å². The van der Waals surface area contributed by atoms with Gasteiger partial charge in [-0.25, -0.2) is 4.79 Å². The number of carboxylic acid groups (broad SMARTS) is 1. The lowest BCUT2D eigenvalue weighted by molar-refractivity contribution is -0.944. The van der Waals surface area contributed by atoms with Crippen LogP contribution >= 0.6 is 0 Å². The van der Waals surface area contributed by atoms with E-state index in [2.05, 4.69) is 27.7 Å². The van der Waals surface area contributed by atoms with E-state index in [1.165, 1.54) is 89.9 Å². The Kier molecular flexibility index (Phi) is 23.7. The first-order chi connectivity index (χ1) is 16.6. The zero-order valence-electron chi connectivity index (χ0n) is 24.1. The van der Waals surface area contributed by atoms with Gasteiger partial charge in [-0.1, -0.05) is 137 Å². The van der Waals surface area contributed by atoms with Crippen LogP contribution in [0, 0.1) is 0 Å². The highest BCUT2D eigenvalue weighted by Gasteiger charge is 2.40. The zero-order chi connectivity index (χ0) is 25.3. The lowest BCUT2D eigenvalue weighted by atomic mass is 9.99. The molecule has 0 saturated heterocycles. The summed E-state index contributed by atoms with van der Waals surface area (Å²) in [7, 11) is 0. The molecule has 0 rings (SSSR count). The number of carbonyl (C=O) groups is 1. The minimum Gasteiger partial charge on any atom is -0.477 e. The summed E-state index contributed by atoms with van der Waals surface area (Å²) < 4.78 is 0.837. The van der Waals surface area contributed by atoms with E-state index in [1.807, 2.05) is 0 Å². The Labute approximate surface area is 215 Å². The van der Waals surface area contributed by atoms with Crippen molar-refractivity contribution in [3.05, 3.63) is 0 Å². The van der Waals surface area contributed by atoms with E-state index < -0.39 is 5.97 Å². The first-order valence-electron chi connectivity index (χ1n) is 15.7. The molecule has 0 aliphatic heterocycles. The van der Waals surface area contributed by atoms with Gasteiger partial charge in [0.1, 0.15) is 0 Å². The van der Waals surface area contributed by atoms with Crippen molar-refractivity contribution in [3.8, 4) is 0 Å². The molecule has 0 heterocycles. The molecule has 0 aliphatic rings. The van der Waals surface area contributed by atoms with Crippen LogP contribution in [0.4, 0.5) is 0 Å². The molecule has 3 nitrogen and oxygen atoms in total. The summed E-state index contributed by atoms with van der Waals surface area (Å²) >= 11 is 0. The van der Waals surface area contributed by atoms with Gasteiger partial charge in [0.2, 0.25) is 0 Å². The zero-order valence-corrected chi connectivity index (χ0v) is 24.1. The molecule has 0 aromatic carbocycles. The molecule has 1 atom stereocenters. The average Bonchev–Trinajstić information content (AvgIpc) is 2.83. The maximum Gasteiger partial charge on any atom is 0.362 e. The van der Waals surface area contributed by atoms with Crippen molar-refractivity contribution in [2.75, 3.05) is 19.6 Å². The minimum atomic E-state index is -0.548. The molecule has 0 aromatic heterocycles. The number of carboxylic acids is 1. The molecule has 1 N–H and O–H groups in total. The molecule has 0 saturated carbocycles. The first kappa shape index (κ1) is 33.4. The van der Waals surface area contributed by atoms with Crippen LogP contribution in [-0.4, -0.2) is 41.2 Å². The van der Waals surface area contributed by atoms with Crippen LogP contribution in [0.2, 0.25) is 0 Å². The van der Waals surface area contributed by atoms with Gasteiger partial charge < -0.3 is 9.59 Å². The van der Waals surface area contributed by atoms with E-state index in [-0.39, 0.29) is 6.04 Å². The quantitative estimate of drug-likeness (QED) is 0.0934. The molecule has 1 unspecified atom stereocenters. The number of rotatable bonds is 27. The monoisotopic (exact) mass is 482 g/mol. The van der Waals surface area contributed by atoms with Gasteiger partial charge in [-0.3, -0.25) is 0 Å². The fourth-order valence-corrected chi connectivity index (χ4v) is 5.56. The summed E-state index contributed by atoms with van der Waals surface area (Å²) in [6, 6.07) is -0.202. The van der Waals surface area contributed by atoms with Gasteiger partial charge in [0.05, 0.1) is 19.6 Å². The Bertz CT molecular complexity index is 415. The smallest absolute Gasteiger partial charge is 0.362 e. The molecule has 0 bridgehead atoms. The van der Waals surface area contributed by atoms with Gasteiger partial charge in [-0.2, -0.15) is 0 Å². The Morgan fingerprint density at radius 2 is 0.794 bits per heavy atom. The third-order valence-corrected chi connectivity index (χ3v) is 7.90. The molecule has 204 valence electrons. The number of hydrogen-bond acceptors (Lipinski definition) is 1. The molecule has 0 spiro atoms. The summed E-state index contributed by atoms with van der Waals surface area (Å²) in [6.45, 7) is 12.1. The van der Waals surface area contributed by atoms with E-state index in [4.69, 9.17) is 0 Å². The molecule has 0 fully saturated rings. The van der Waals surface area contributed by atoms with Crippen molar-refractivity contribution in [2.45, 2.75) is 175 Å².